The van der Waals surface area contributed by atoms with Crippen molar-refractivity contribution >= 4 is 9.84 Å². The third-order valence-electron chi connectivity index (χ3n) is 4.26. The fourth-order valence-corrected chi connectivity index (χ4v) is 5.35. The van der Waals surface area contributed by atoms with Crippen LogP contribution in [0, 0.1) is 0 Å². The van der Waals surface area contributed by atoms with E-state index in [2.05, 4.69) is 30.4 Å². The van der Waals surface area contributed by atoms with Gasteiger partial charge in [0, 0.05) is 6.04 Å². The first-order valence-corrected chi connectivity index (χ1v) is 9.84. The second-order valence-corrected chi connectivity index (χ2v) is 8.27. The molecule has 0 aromatic heterocycles. The Kier molecular flexibility index (Phi) is 5.82. The summed E-state index contributed by atoms with van der Waals surface area (Å²) in [5.74, 6) is 0.296. The molecule has 2 atom stereocenters. The Balaban J connectivity index is 2.39. The van der Waals surface area contributed by atoms with E-state index < -0.39 is 9.84 Å². The predicted octanol–water partition coefficient (Wildman–Crippen LogP) is 3.26. The van der Waals surface area contributed by atoms with Crippen molar-refractivity contribution in [3.63, 3.8) is 0 Å². The third kappa shape index (κ3) is 3.86. The van der Waals surface area contributed by atoms with Gasteiger partial charge in [0.2, 0.25) is 0 Å². The fraction of sp³-hybridized carbons (Fsp3) is 0.647. The second kappa shape index (κ2) is 7.41. The molecule has 118 valence electrons. The van der Waals surface area contributed by atoms with Gasteiger partial charge in [0.05, 0.1) is 11.0 Å². The van der Waals surface area contributed by atoms with E-state index in [-0.39, 0.29) is 11.3 Å². The topological polar surface area (TPSA) is 46.2 Å². The van der Waals surface area contributed by atoms with Gasteiger partial charge < -0.3 is 5.32 Å². The van der Waals surface area contributed by atoms with Crippen LogP contribution >= 0.6 is 0 Å². The van der Waals surface area contributed by atoms with Crippen LogP contribution in [0.2, 0.25) is 0 Å². The Hall–Kier alpha value is -0.870. The zero-order chi connectivity index (χ0) is 15.3. The SMILES string of the molecule is CCCNC1c2ccccc2CCCC1S(=O)(=O)CCC. The van der Waals surface area contributed by atoms with E-state index in [0.29, 0.717) is 12.2 Å². The van der Waals surface area contributed by atoms with E-state index in [1.54, 1.807) is 0 Å². The van der Waals surface area contributed by atoms with Crippen LogP contribution in [0.3, 0.4) is 0 Å². The minimum absolute atomic E-state index is 0.0554. The molecule has 0 fully saturated rings. The van der Waals surface area contributed by atoms with Gasteiger partial charge >= 0.3 is 0 Å². The minimum Gasteiger partial charge on any atom is -0.309 e. The predicted molar refractivity (Wildman–Crippen MR) is 88.3 cm³/mol. The Labute approximate surface area is 129 Å². The molecule has 0 radical (unpaired) electrons. The highest BCUT2D eigenvalue weighted by atomic mass is 32.2. The molecule has 0 aliphatic heterocycles. The lowest BCUT2D eigenvalue weighted by Gasteiger charge is -2.27. The van der Waals surface area contributed by atoms with Crippen molar-refractivity contribution in [3.8, 4) is 0 Å². The molecule has 0 heterocycles. The number of sulfone groups is 1. The smallest absolute Gasteiger partial charge is 0.155 e. The number of fused-ring (bicyclic) bond motifs is 1. The molecule has 0 bridgehead atoms. The number of nitrogens with one attached hydrogen (secondary N) is 1. The normalized spacial score (nSPS) is 22.6. The Morgan fingerprint density at radius 3 is 2.67 bits per heavy atom. The first-order valence-electron chi connectivity index (χ1n) is 8.13. The van der Waals surface area contributed by atoms with E-state index in [9.17, 15) is 8.42 Å². The summed E-state index contributed by atoms with van der Waals surface area (Å²) in [5, 5.41) is 3.22. The highest BCUT2D eigenvalue weighted by Crippen LogP contribution is 2.33. The minimum atomic E-state index is -3.04. The molecular formula is C17H27NO2S. The van der Waals surface area contributed by atoms with Gasteiger partial charge in [-0.05, 0) is 49.8 Å². The van der Waals surface area contributed by atoms with Gasteiger partial charge in [0.15, 0.2) is 9.84 Å². The zero-order valence-electron chi connectivity index (χ0n) is 13.1. The summed E-state index contributed by atoms with van der Waals surface area (Å²) in [7, 11) is -3.04. The highest BCUT2D eigenvalue weighted by molar-refractivity contribution is 7.92. The molecule has 1 aliphatic carbocycles. The molecule has 1 N–H and O–H groups in total. The van der Waals surface area contributed by atoms with Crippen LogP contribution in [0.15, 0.2) is 24.3 Å². The van der Waals surface area contributed by atoms with Crippen LogP contribution in [0.25, 0.3) is 0 Å². The first-order chi connectivity index (χ1) is 10.1. The summed E-state index contributed by atoms with van der Waals surface area (Å²) in [6.45, 7) is 4.92. The quantitative estimate of drug-likeness (QED) is 0.821. The van der Waals surface area contributed by atoms with Crippen LogP contribution in [0.4, 0.5) is 0 Å². The van der Waals surface area contributed by atoms with E-state index in [4.69, 9.17) is 0 Å². The highest BCUT2D eigenvalue weighted by Gasteiger charge is 2.35. The zero-order valence-corrected chi connectivity index (χ0v) is 14.0. The molecule has 0 amide bonds. The van der Waals surface area contributed by atoms with Crippen molar-refractivity contribution in [3.05, 3.63) is 35.4 Å². The maximum atomic E-state index is 12.7. The van der Waals surface area contributed by atoms with Crippen molar-refractivity contribution < 1.29 is 8.42 Å². The van der Waals surface area contributed by atoms with Gasteiger partial charge in [0.25, 0.3) is 0 Å². The monoisotopic (exact) mass is 309 g/mol. The van der Waals surface area contributed by atoms with Crippen LogP contribution in [-0.4, -0.2) is 26.0 Å². The number of hydrogen-bond acceptors (Lipinski definition) is 3. The third-order valence-corrected chi connectivity index (χ3v) is 6.67. The molecular weight excluding hydrogens is 282 g/mol. The van der Waals surface area contributed by atoms with Gasteiger partial charge in [-0.3, -0.25) is 0 Å². The van der Waals surface area contributed by atoms with Crippen LogP contribution in [0.5, 0.6) is 0 Å². The fourth-order valence-electron chi connectivity index (χ4n) is 3.29. The van der Waals surface area contributed by atoms with Crippen LogP contribution in [0.1, 0.15) is 56.7 Å². The summed E-state index contributed by atoms with van der Waals surface area (Å²) in [6, 6.07) is 8.26. The summed E-state index contributed by atoms with van der Waals surface area (Å²) in [5.41, 5.74) is 2.49. The maximum Gasteiger partial charge on any atom is 0.155 e. The lowest BCUT2D eigenvalue weighted by molar-refractivity contribution is 0.472. The van der Waals surface area contributed by atoms with Gasteiger partial charge in [-0.1, -0.05) is 38.1 Å². The number of rotatable bonds is 6. The van der Waals surface area contributed by atoms with Crippen LogP contribution < -0.4 is 5.32 Å². The van der Waals surface area contributed by atoms with Crippen molar-refractivity contribution in [2.24, 2.45) is 0 Å². The second-order valence-electron chi connectivity index (χ2n) is 5.93. The molecule has 1 aliphatic rings. The molecule has 0 spiro atoms. The molecule has 1 aromatic rings. The molecule has 3 nitrogen and oxygen atoms in total. The Morgan fingerprint density at radius 1 is 1.19 bits per heavy atom. The maximum absolute atomic E-state index is 12.7. The standard InChI is InChI=1S/C17H27NO2S/c1-3-12-18-17-15-10-6-5-8-14(15)9-7-11-16(17)21(19,20)13-4-2/h5-6,8,10,16-18H,3-4,7,9,11-13H2,1-2H3. The Morgan fingerprint density at radius 2 is 1.95 bits per heavy atom. The lowest BCUT2D eigenvalue weighted by Crippen LogP contribution is -2.38. The van der Waals surface area contributed by atoms with Crippen molar-refractivity contribution in [1.82, 2.24) is 5.32 Å². The van der Waals surface area contributed by atoms with Gasteiger partial charge in [-0.25, -0.2) is 8.42 Å². The molecule has 1 aromatic carbocycles. The van der Waals surface area contributed by atoms with Crippen molar-refractivity contribution in [2.45, 2.75) is 57.2 Å². The van der Waals surface area contributed by atoms with Crippen molar-refractivity contribution in [1.29, 1.82) is 0 Å². The van der Waals surface area contributed by atoms with Crippen LogP contribution in [-0.2, 0) is 16.3 Å². The number of benzene rings is 1. The number of aryl methyl sites for hydroxylation is 1. The van der Waals surface area contributed by atoms with E-state index in [1.807, 2.05) is 13.0 Å². The molecule has 2 unspecified atom stereocenters. The average Bonchev–Trinajstić information content (AvgIpc) is 2.65. The first kappa shape index (κ1) is 16.5. The summed E-state index contributed by atoms with van der Waals surface area (Å²) in [4.78, 5) is 0. The summed E-state index contributed by atoms with van der Waals surface area (Å²) < 4.78 is 25.4. The Bertz CT molecular complexity index is 554. The number of hydrogen-bond donors (Lipinski definition) is 1. The lowest BCUT2D eigenvalue weighted by atomic mass is 9.99. The van der Waals surface area contributed by atoms with E-state index >= 15 is 0 Å². The molecule has 0 saturated heterocycles. The van der Waals surface area contributed by atoms with Gasteiger partial charge in [-0.2, -0.15) is 0 Å². The average molecular weight is 309 g/mol. The van der Waals surface area contributed by atoms with E-state index in [1.165, 1.54) is 11.1 Å². The summed E-state index contributed by atoms with van der Waals surface area (Å²) >= 11 is 0. The summed E-state index contributed by atoms with van der Waals surface area (Å²) in [6.07, 6.45) is 4.41. The largest absolute Gasteiger partial charge is 0.309 e. The molecule has 21 heavy (non-hydrogen) atoms. The van der Waals surface area contributed by atoms with Gasteiger partial charge in [-0.15, -0.1) is 0 Å². The molecule has 4 heteroatoms. The van der Waals surface area contributed by atoms with Gasteiger partial charge in [0.1, 0.15) is 0 Å². The van der Waals surface area contributed by atoms with E-state index in [0.717, 1.165) is 32.2 Å². The van der Waals surface area contributed by atoms with Crippen molar-refractivity contribution in [2.75, 3.05) is 12.3 Å². The molecule has 0 saturated carbocycles. The molecule has 2 rings (SSSR count).